The minimum absolute atomic E-state index is 0.0208. The van der Waals surface area contributed by atoms with Gasteiger partial charge in [0.1, 0.15) is 24.2 Å². The maximum absolute atomic E-state index is 11.4. The van der Waals surface area contributed by atoms with Crippen molar-refractivity contribution in [3.63, 3.8) is 0 Å². The monoisotopic (exact) mass is 517 g/mol. The molecule has 3 aromatic rings. The maximum Gasteiger partial charge on any atom is 0.308 e. The number of hydrogen-bond donors (Lipinski definition) is 2. The topological polar surface area (TPSA) is 86.2 Å². The first-order valence-corrected chi connectivity index (χ1v) is 12.9. The molecule has 0 radical (unpaired) electrons. The zero-order valence-electron chi connectivity index (χ0n) is 22.3. The van der Waals surface area contributed by atoms with Crippen molar-refractivity contribution in [3.05, 3.63) is 83.4 Å². The Labute approximate surface area is 224 Å². The first kappa shape index (κ1) is 27.2. The van der Waals surface area contributed by atoms with Crippen LogP contribution in [0.2, 0.25) is 0 Å². The van der Waals surface area contributed by atoms with E-state index in [-0.39, 0.29) is 25.4 Å². The Morgan fingerprint density at radius 1 is 0.921 bits per heavy atom. The number of ether oxygens (including phenoxy) is 4. The third kappa shape index (κ3) is 6.36. The Morgan fingerprint density at radius 3 is 2.11 bits per heavy atom. The number of allylic oxidation sites excluding steroid dienone is 1. The zero-order valence-corrected chi connectivity index (χ0v) is 22.3. The zero-order chi connectivity index (χ0) is 27.1. The van der Waals surface area contributed by atoms with Crippen LogP contribution < -0.4 is 24.3 Å². The summed E-state index contributed by atoms with van der Waals surface area (Å²) in [6.45, 7) is 5.96. The second-order valence-corrected chi connectivity index (χ2v) is 9.10. The molecule has 200 valence electrons. The van der Waals surface area contributed by atoms with Gasteiger partial charge < -0.3 is 29.4 Å². The highest BCUT2D eigenvalue weighted by molar-refractivity contribution is 5.99. The third-order valence-electron chi connectivity index (χ3n) is 6.62. The highest BCUT2D eigenvalue weighted by atomic mass is 16.7. The molecule has 7 nitrogen and oxygen atoms in total. The van der Waals surface area contributed by atoms with Gasteiger partial charge in [-0.1, -0.05) is 44.2 Å². The standard InChI is InChI=1S/C31H35NO6/c1-5-26(23-11-16-29-30(17-23)37-19-36-29)31(22-9-14-25(15-10-22)38-20(3)33)21-7-12-24(13-8-21)35-18-28(34)27(6-2)32-4/h7-17,27-28,32,34H,5-6,18-19H2,1-4H3. The molecule has 0 aliphatic carbocycles. The molecule has 1 aliphatic rings. The van der Waals surface area contributed by atoms with Gasteiger partial charge >= 0.3 is 5.97 Å². The van der Waals surface area contributed by atoms with Gasteiger partial charge in [0.05, 0.1) is 0 Å². The molecule has 0 bridgehead atoms. The fourth-order valence-electron chi connectivity index (χ4n) is 4.66. The van der Waals surface area contributed by atoms with Gasteiger partial charge in [-0.3, -0.25) is 4.79 Å². The molecule has 2 unspecified atom stereocenters. The maximum atomic E-state index is 11.4. The van der Waals surface area contributed by atoms with E-state index in [1.54, 1.807) is 12.1 Å². The number of esters is 1. The van der Waals surface area contributed by atoms with Gasteiger partial charge in [-0.05, 0) is 84.1 Å². The molecule has 1 aliphatic heterocycles. The third-order valence-corrected chi connectivity index (χ3v) is 6.62. The number of fused-ring (bicyclic) bond motifs is 1. The van der Waals surface area contributed by atoms with Gasteiger partial charge in [0, 0.05) is 13.0 Å². The molecule has 2 atom stereocenters. The lowest BCUT2D eigenvalue weighted by molar-refractivity contribution is -0.131. The van der Waals surface area contributed by atoms with E-state index in [2.05, 4.69) is 12.2 Å². The van der Waals surface area contributed by atoms with Crippen LogP contribution >= 0.6 is 0 Å². The number of benzene rings is 3. The van der Waals surface area contributed by atoms with Crippen molar-refractivity contribution in [1.29, 1.82) is 0 Å². The second-order valence-electron chi connectivity index (χ2n) is 9.10. The molecule has 0 saturated carbocycles. The van der Waals surface area contributed by atoms with Gasteiger partial charge in [-0.25, -0.2) is 0 Å². The van der Waals surface area contributed by atoms with Gasteiger partial charge in [-0.2, -0.15) is 0 Å². The Bertz CT molecular complexity index is 1260. The van der Waals surface area contributed by atoms with Crippen LogP contribution in [-0.4, -0.2) is 43.7 Å². The number of nitrogens with one attached hydrogen (secondary N) is 1. The van der Waals surface area contributed by atoms with E-state index in [1.165, 1.54) is 6.92 Å². The molecule has 38 heavy (non-hydrogen) atoms. The minimum atomic E-state index is -0.603. The average Bonchev–Trinajstić information content (AvgIpc) is 3.40. The number of carbonyl (C=O) groups is 1. The highest BCUT2D eigenvalue weighted by Gasteiger charge is 2.19. The number of aliphatic hydroxyl groups excluding tert-OH is 1. The quantitative estimate of drug-likeness (QED) is 0.199. The van der Waals surface area contributed by atoms with Crippen LogP contribution in [0.25, 0.3) is 11.1 Å². The molecular weight excluding hydrogens is 482 g/mol. The average molecular weight is 518 g/mol. The molecule has 1 heterocycles. The lowest BCUT2D eigenvalue weighted by atomic mass is 9.88. The van der Waals surface area contributed by atoms with Crippen LogP contribution in [-0.2, 0) is 4.79 Å². The van der Waals surface area contributed by atoms with Crippen LogP contribution in [0.15, 0.2) is 66.7 Å². The summed E-state index contributed by atoms with van der Waals surface area (Å²) in [5.74, 6) is 2.29. The van der Waals surface area contributed by atoms with Crippen LogP contribution in [0.5, 0.6) is 23.0 Å². The molecule has 0 saturated heterocycles. The Morgan fingerprint density at radius 2 is 1.53 bits per heavy atom. The molecule has 0 amide bonds. The van der Waals surface area contributed by atoms with E-state index < -0.39 is 6.10 Å². The number of rotatable bonds is 11. The summed E-state index contributed by atoms with van der Waals surface area (Å²) in [5.41, 5.74) is 5.21. The summed E-state index contributed by atoms with van der Waals surface area (Å²) in [7, 11) is 1.84. The molecule has 0 aromatic heterocycles. The summed E-state index contributed by atoms with van der Waals surface area (Å²) in [4.78, 5) is 11.4. The fraction of sp³-hybridized carbons (Fsp3) is 0.323. The van der Waals surface area contributed by atoms with E-state index in [4.69, 9.17) is 18.9 Å². The number of likely N-dealkylation sites (N-methyl/N-ethyl adjacent to an activating group) is 1. The van der Waals surface area contributed by atoms with E-state index in [0.717, 1.165) is 52.2 Å². The normalized spacial score (nSPS) is 14.4. The molecule has 7 heteroatoms. The van der Waals surface area contributed by atoms with E-state index in [1.807, 2.05) is 68.6 Å². The van der Waals surface area contributed by atoms with Gasteiger partial charge in [0.2, 0.25) is 6.79 Å². The minimum Gasteiger partial charge on any atom is -0.491 e. The van der Waals surface area contributed by atoms with E-state index >= 15 is 0 Å². The van der Waals surface area contributed by atoms with Crippen molar-refractivity contribution in [2.45, 2.75) is 45.8 Å². The Kier molecular flexibility index (Phi) is 9.05. The van der Waals surface area contributed by atoms with Crippen molar-refractivity contribution in [2.24, 2.45) is 0 Å². The van der Waals surface area contributed by atoms with Gasteiger partial charge in [-0.15, -0.1) is 0 Å². The molecule has 0 spiro atoms. The highest BCUT2D eigenvalue weighted by Crippen LogP contribution is 2.40. The number of hydrogen-bond acceptors (Lipinski definition) is 7. The van der Waals surface area contributed by atoms with Crippen molar-refractivity contribution < 1.29 is 28.8 Å². The smallest absolute Gasteiger partial charge is 0.308 e. The SMILES string of the molecule is CCC(=C(c1ccc(OCC(O)C(CC)NC)cc1)c1ccc(OC(C)=O)cc1)c1ccc2c(c1)OCO2. The van der Waals surface area contributed by atoms with Crippen molar-refractivity contribution in [3.8, 4) is 23.0 Å². The number of aliphatic hydroxyl groups is 1. The van der Waals surface area contributed by atoms with Crippen molar-refractivity contribution in [1.82, 2.24) is 5.32 Å². The fourth-order valence-corrected chi connectivity index (χ4v) is 4.66. The Balaban J connectivity index is 1.70. The lowest BCUT2D eigenvalue weighted by Crippen LogP contribution is -2.40. The van der Waals surface area contributed by atoms with Gasteiger partial charge in [0.15, 0.2) is 11.5 Å². The van der Waals surface area contributed by atoms with E-state index in [9.17, 15) is 9.90 Å². The van der Waals surface area contributed by atoms with Crippen LogP contribution in [0.3, 0.4) is 0 Å². The van der Waals surface area contributed by atoms with Crippen LogP contribution in [0, 0.1) is 0 Å². The van der Waals surface area contributed by atoms with Crippen LogP contribution in [0.1, 0.15) is 50.3 Å². The number of carbonyl (C=O) groups excluding carboxylic acids is 1. The first-order valence-electron chi connectivity index (χ1n) is 12.9. The summed E-state index contributed by atoms with van der Waals surface area (Å²) in [5, 5.41) is 13.5. The van der Waals surface area contributed by atoms with Crippen molar-refractivity contribution >= 4 is 17.1 Å². The van der Waals surface area contributed by atoms with E-state index in [0.29, 0.717) is 11.5 Å². The summed E-state index contributed by atoms with van der Waals surface area (Å²) in [6, 6.07) is 21.4. The van der Waals surface area contributed by atoms with Crippen molar-refractivity contribution in [2.75, 3.05) is 20.4 Å². The first-order chi connectivity index (χ1) is 18.4. The molecule has 3 aromatic carbocycles. The molecular formula is C31H35NO6. The lowest BCUT2D eigenvalue weighted by Gasteiger charge is -2.21. The summed E-state index contributed by atoms with van der Waals surface area (Å²) in [6.07, 6.45) is 0.978. The summed E-state index contributed by atoms with van der Waals surface area (Å²) >= 11 is 0. The second kappa shape index (κ2) is 12.6. The molecule has 4 rings (SSSR count). The molecule has 0 fully saturated rings. The van der Waals surface area contributed by atoms with Crippen LogP contribution in [0.4, 0.5) is 0 Å². The largest absolute Gasteiger partial charge is 0.491 e. The summed E-state index contributed by atoms with van der Waals surface area (Å²) < 4.78 is 22.3. The van der Waals surface area contributed by atoms with Gasteiger partial charge in [0.25, 0.3) is 0 Å². The Hall–Kier alpha value is -3.81. The molecule has 2 N–H and O–H groups in total. The predicted octanol–water partition coefficient (Wildman–Crippen LogP) is 5.45. The predicted molar refractivity (Wildman–Crippen MR) is 148 cm³/mol.